The maximum atomic E-state index is 6.24. The highest BCUT2D eigenvalue weighted by Gasteiger charge is 2.19. The van der Waals surface area contributed by atoms with Gasteiger partial charge in [-0.1, -0.05) is 11.6 Å². The van der Waals surface area contributed by atoms with Gasteiger partial charge in [0.05, 0.1) is 7.11 Å². The van der Waals surface area contributed by atoms with Crippen LogP contribution in [-0.2, 0) is 6.54 Å². The van der Waals surface area contributed by atoms with Crippen molar-refractivity contribution in [3.05, 3.63) is 28.8 Å². The SMILES string of the molecule is COc1ccc(Cl)c(CN2CCCC(CN)C2)c1.Cl. The summed E-state index contributed by atoms with van der Waals surface area (Å²) >= 11 is 6.24. The lowest BCUT2D eigenvalue weighted by Gasteiger charge is -2.32. The molecule has 0 amide bonds. The molecule has 0 radical (unpaired) electrons. The summed E-state index contributed by atoms with van der Waals surface area (Å²) in [5, 5.41) is 0.811. The lowest BCUT2D eigenvalue weighted by atomic mass is 9.98. The number of methoxy groups -OCH3 is 1. The Balaban J connectivity index is 0.00000180. The number of halogens is 2. The van der Waals surface area contributed by atoms with Gasteiger partial charge in [-0.25, -0.2) is 0 Å². The molecule has 19 heavy (non-hydrogen) atoms. The standard InChI is InChI=1S/C14H21ClN2O.ClH/c1-18-13-4-5-14(15)12(7-13)10-17-6-2-3-11(8-16)9-17;/h4-5,7,11H,2-3,6,8-10,16H2,1H3;1H. The number of hydrogen-bond acceptors (Lipinski definition) is 3. The molecule has 1 aliphatic rings. The quantitative estimate of drug-likeness (QED) is 0.929. The van der Waals surface area contributed by atoms with Crippen molar-refractivity contribution in [1.82, 2.24) is 4.90 Å². The molecule has 0 aliphatic carbocycles. The van der Waals surface area contributed by atoms with E-state index in [2.05, 4.69) is 4.90 Å². The molecular weight excluding hydrogens is 283 g/mol. The molecule has 3 nitrogen and oxygen atoms in total. The first-order valence-corrected chi connectivity index (χ1v) is 6.85. The highest BCUT2D eigenvalue weighted by atomic mass is 35.5. The van der Waals surface area contributed by atoms with Gasteiger partial charge in [0, 0.05) is 18.1 Å². The third-order valence-electron chi connectivity index (χ3n) is 3.58. The Bertz CT molecular complexity index is 401. The molecule has 0 aromatic heterocycles. The van der Waals surface area contributed by atoms with E-state index in [1.807, 2.05) is 18.2 Å². The van der Waals surface area contributed by atoms with E-state index in [0.29, 0.717) is 5.92 Å². The summed E-state index contributed by atoms with van der Waals surface area (Å²) in [6.07, 6.45) is 2.47. The number of benzene rings is 1. The Hall–Kier alpha value is -0.480. The molecule has 1 atom stereocenters. The predicted molar refractivity (Wildman–Crippen MR) is 82.3 cm³/mol. The van der Waals surface area contributed by atoms with Crippen LogP contribution >= 0.6 is 24.0 Å². The molecule has 1 unspecified atom stereocenters. The van der Waals surface area contributed by atoms with Crippen molar-refractivity contribution in [1.29, 1.82) is 0 Å². The molecule has 0 saturated carbocycles. The molecule has 1 saturated heterocycles. The average molecular weight is 305 g/mol. The molecule has 2 rings (SSSR count). The van der Waals surface area contributed by atoms with Gasteiger partial charge in [0.1, 0.15) is 5.75 Å². The predicted octanol–water partition coefficient (Wildman–Crippen LogP) is 2.94. The van der Waals surface area contributed by atoms with Gasteiger partial charge in [-0.3, -0.25) is 4.90 Å². The summed E-state index contributed by atoms with van der Waals surface area (Å²) in [4.78, 5) is 2.43. The van der Waals surface area contributed by atoms with Gasteiger partial charge in [-0.15, -0.1) is 12.4 Å². The molecule has 1 heterocycles. The van der Waals surface area contributed by atoms with Crippen LogP contribution in [0, 0.1) is 5.92 Å². The van der Waals surface area contributed by atoms with Gasteiger partial charge in [0.15, 0.2) is 0 Å². The van der Waals surface area contributed by atoms with Crippen LogP contribution in [0.3, 0.4) is 0 Å². The summed E-state index contributed by atoms with van der Waals surface area (Å²) in [6, 6.07) is 5.82. The molecule has 108 valence electrons. The normalized spacial score (nSPS) is 19.8. The van der Waals surface area contributed by atoms with Crippen LogP contribution in [0.25, 0.3) is 0 Å². The van der Waals surface area contributed by atoms with Crippen LogP contribution in [0.4, 0.5) is 0 Å². The first-order valence-electron chi connectivity index (χ1n) is 6.47. The van der Waals surface area contributed by atoms with Crippen LogP contribution in [0.2, 0.25) is 5.02 Å². The van der Waals surface area contributed by atoms with Gasteiger partial charge < -0.3 is 10.5 Å². The Morgan fingerprint density at radius 2 is 2.26 bits per heavy atom. The number of piperidine rings is 1. The van der Waals surface area contributed by atoms with Crippen LogP contribution in [0.15, 0.2) is 18.2 Å². The molecule has 1 aromatic carbocycles. The number of rotatable bonds is 4. The van der Waals surface area contributed by atoms with Crippen molar-refractivity contribution in [3.8, 4) is 5.75 Å². The average Bonchev–Trinajstić information content (AvgIpc) is 2.41. The van der Waals surface area contributed by atoms with Crippen molar-refractivity contribution in [2.24, 2.45) is 11.7 Å². The second-order valence-electron chi connectivity index (χ2n) is 4.94. The van der Waals surface area contributed by atoms with E-state index in [-0.39, 0.29) is 12.4 Å². The van der Waals surface area contributed by atoms with E-state index in [9.17, 15) is 0 Å². The number of nitrogens with two attached hydrogens (primary N) is 1. The van der Waals surface area contributed by atoms with Gasteiger partial charge in [-0.05, 0) is 55.6 Å². The van der Waals surface area contributed by atoms with Crippen LogP contribution in [0.1, 0.15) is 18.4 Å². The first-order chi connectivity index (χ1) is 8.72. The fraction of sp³-hybridized carbons (Fsp3) is 0.571. The van der Waals surface area contributed by atoms with Crippen molar-refractivity contribution in [2.75, 3.05) is 26.7 Å². The zero-order chi connectivity index (χ0) is 13.0. The summed E-state index contributed by atoms with van der Waals surface area (Å²) in [6.45, 7) is 3.86. The Morgan fingerprint density at radius 1 is 1.47 bits per heavy atom. The topological polar surface area (TPSA) is 38.5 Å². The van der Waals surface area contributed by atoms with E-state index in [1.54, 1.807) is 7.11 Å². The lowest BCUT2D eigenvalue weighted by molar-refractivity contribution is 0.171. The summed E-state index contributed by atoms with van der Waals surface area (Å²) in [5.74, 6) is 1.49. The fourth-order valence-corrected chi connectivity index (χ4v) is 2.70. The van der Waals surface area contributed by atoms with Crippen molar-refractivity contribution in [2.45, 2.75) is 19.4 Å². The van der Waals surface area contributed by atoms with Gasteiger partial charge in [0.2, 0.25) is 0 Å². The number of hydrogen-bond donors (Lipinski definition) is 1. The van der Waals surface area contributed by atoms with Crippen molar-refractivity contribution >= 4 is 24.0 Å². The van der Waals surface area contributed by atoms with Gasteiger partial charge >= 0.3 is 0 Å². The molecule has 1 aromatic rings. The Labute approximate surface area is 126 Å². The minimum Gasteiger partial charge on any atom is -0.497 e. The molecule has 1 aliphatic heterocycles. The van der Waals surface area contributed by atoms with Crippen LogP contribution in [0.5, 0.6) is 5.75 Å². The summed E-state index contributed by atoms with van der Waals surface area (Å²) in [5.41, 5.74) is 6.89. The lowest BCUT2D eigenvalue weighted by Crippen LogP contribution is -2.37. The molecule has 5 heteroatoms. The molecule has 0 spiro atoms. The third-order valence-corrected chi connectivity index (χ3v) is 3.95. The first kappa shape index (κ1) is 16.6. The molecular formula is C14H22Cl2N2O. The van der Waals surface area contributed by atoms with Crippen molar-refractivity contribution < 1.29 is 4.74 Å². The Morgan fingerprint density at radius 3 is 2.95 bits per heavy atom. The number of ether oxygens (including phenoxy) is 1. The van der Waals surface area contributed by atoms with E-state index in [0.717, 1.165) is 42.5 Å². The van der Waals surface area contributed by atoms with Gasteiger partial charge in [0.25, 0.3) is 0 Å². The monoisotopic (exact) mass is 304 g/mol. The third kappa shape index (κ3) is 4.53. The second kappa shape index (κ2) is 7.95. The van der Waals surface area contributed by atoms with E-state index in [1.165, 1.54) is 12.8 Å². The summed E-state index contributed by atoms with van der Waals surface area (Å²) in [7, 11) is 1.68. The fourth-order valence-electron chi connectivity index (χ4n) is 2.53. The minimum atomic E-state index is 0. The number of likely N-dealkylation sites (tertiary alicyclic amines) is 1. The van der Waals surface area contributed by atoms with Crippen molar-refractivity contribution in [3.63, 3.8) is 0 Å². The molecule has 1 fully saturated rings. The van der Waals surface area contributed by atoms with E-state index >= 15 is 0 Å². The largest absolute Gasteiger partial charge is 0.497 e. The van der Waals surface area contributed by atoms with Crippen LogP contribution < -0.4 is 10.5 Å². The van der Waals surface area contributed by atoms with E-state index in [4.69, 9.17) is 22.1 Å². The maximum absolute atomic E-state index is 6.24. The van der Waals surface area contributed by atoms with Gasteiger partial charge in [-0.2, -0.15) is 0 Å². The second-order valence-corrected chi connectivity index (χ2v) is 5.34. The molecule has 2 N–H and O–H groups in total. The van der Waals surface area contributed by atoms with Crippen LogP contribution in [-0.4, -0.2) is 31.6 Å². The molecule has 0 bridgehead atoms. The smallest absolute Gasteiger partial charge is 0.119 e. The Kier molecular flexibility index (Phi) is 6.94. The maximum Gasteiger partial charge on any atom is 0.119 e. The minimum absolute atomic E-state index is 0. The van der Waals surface area contributed by atoms with E-state index < -0.39 is 0 Å². The highest BCUT2D eigenvalue weighted by Crippen LogP contribution is 2.25. The highest BCUT2D eigenvalue weighted by molar-refractivity contribution is 6.31. The zero-order valence-corrected chi connectivity index (χ0v) is 12.8. The zero-order valence-electron chi connectivity index (χ0n) is 11.3. The number of nitrogens with zero attached hydrogens (tertiary/aromatic N) is 1. The summed E-state index contributed by atoms with van der Waals surface area (Å²) < 4.78 is 5.24.